The second-order valence-corrected chi connectivity index (χ2v) is 11.8. The molecule has 4 heteroatoms. The molecule has 0 amide bonds. The summed E-state index contributed by atoms with van der Waals surface area (Å²) in [7, 11) is 0. The number of rotatable bonds is 4. The van der Waals surface area contributed by atoms with Gasteiger partial charge in [-0.05, 0) is 68.1 Å². The van der Waals surface area contributed by atoms with Crippen LogP contribution in [0.2, 0.25) is 0 Å². The van der Waals surface area contributed by atoms with Gasteiger partial charge in [0, 0.05) is 23.5 Å². The molecule has 0 unspecified atom stereocenters. The Bertz CT molecular complexity index is 2370. The number of aliphatic imine (C=N–C) groups is 2. The van der Waals surface area contributed by atoms with E-state index in [0.717, 1.165) is 66.9 Å². The summed E-state index contributed by atoms with van der Waals surface area (Å²) in [6.45, 7) is 0. The molecule has 0 N–H and O–H groups in total. The summed E-state index contributed by atoms with van der Waals surface area (Å²) in [5.74, 6) is 0. The number of hydrogen-bond acceptors (Lipinski definition) is 4. The van der Waals surface area contributed by atoms with Crippen LogP contribution >= 0.6 is 0 Å². The van der Waals surface area contributed by atoms with Crippen LogP contribution in [0.15, 0.2) is 180 Å². The monoisotopic (exact) mass is 612 g/mol. The van der Waals surface area contributed by atoms with Crippen LogP contribution in [0.3, 0.4) is 0 Å². The first-order valence-electron chi connectivity index (χ1n) is 16.1. The minimum Gasteiger partial charge on any atom is -0.252 e. The van der Waals surface area contributed by atoms with Crippen molar-refractivity contribution in [2.45, 2.75) is 0 Å². The first-order chi connectivity index (χ1) is 23.8. The van der Waals surface area contributed by atoms with Gasteiger partial charge in [0.25, 0.3) is 0 Å². The van der Waals surface area contributed by atoms with Crippen molar-refractivity contribution in [3.05, 3.63) is 193 Å². The maximum Gasteiger partial charge on any atom is 0.115 e. The molecule has 224 valence electrons. The van der Waals surface area contributed by atoms with Crippen LogP contribution in [-0.2, 0) is 0 Å². The zero-order valence-corrected chi connectivity index (χ0v) is 26.0. The molecule has 0 saturated carbocycles. The summed E-state index contributed by atoms with van der Waals surface area (Å²) in [6, 6.07) is 54.7. The highest BCUT2D eigenvalue weighted by Gasteiger charge is 2.24. The Kier molecular flexibility index (Phi) is 6.76. The fraction of sp³-hybridized carbons (Fsp3) is 0. The molecule has 0 spiro atoms. The average molecular weight is 613 g/mol. The molecule has 4 nitrogen and oxygen atoms in total. The van der Waals surface area contributed by atoms with E-state index in [1.54, 1.807) is 0 Å². The molecule has 6 aromatic carbocycles. The second-order valence-electron chi connectivity index (χ2n) is 11.8. The summed E-state index contributed by atoms with van der Waals surface area (Å²) in [4.78, 5) is 20.6. The van der Waals surface area contributed by atoms with E-state index >= 15 is 0 Å². The van der Waals surface area contributed by atoms with E-state index in [-0.39, 0.29) is 0 Å². The van der Waals surface area contributed by atoms with Gasteiger partial charge < -0.3 is 0 Å². The van der Waals surface area contributed by atoms with Crippen molar-refractivity contribution in [2.24, 2.45) is 9.98 Å². The van der Waals surface area contributed by atoms with Crippen LogP contribution < -0.4 is 0 Å². The Morgan fingerprint density at radius 1 is 0.292 bits per heavy atom. The molecule has 0 fully saturated rings. The molecule has 0 bridgehead atoms. The largest absolute Gasteiger partial charge is 0.252 e. The third kappa shape index (κ3) is 4.70. The topological polar surface area (TPSA) is 50.5 Å². The van der Waals surface area contributed by atoms with Gasteiger partial charge in [-0.2, -0.15) is 0 Å². The molecular formula is C44H28N4. The summed E-state index contributed by atoms with van der Waals surface area (Å²) >= 11 is 0. The third-order valence-corrected chi connectivity index (χ3v) is 9.01. The second kappa shape index (κ2) is 11.7. The highest BCUT2D eigenvalue weighted by molar-refractivity contribution is 6.27. The van der Waals surface area contributed by atoms with Gasteiger partial charge in [-0.1, -0.05) is 133 Å². The minimum absolute atomic E-state index is 0.729. The van der Waals surface area contributed by atoms with Crippen molar-refractivity contribution in [1.82, 2.24) is 9.97 Å². The molecule has 2 aromatic heterocycles. The van der Waals surface area contributed by atoms with Gasteiger partial charge >= 0.3 is 0 Å². The van der Waals surface area contributed by atoms with E-state index in [1.165, 1.54) is 22.3 Å². The quantitative estimate of drug-likeness (QED) is 0.199. The Balaban J connectivity index is 1.28. The van der Waals surface area contributed by atoms with Crippen molar-refractivity contribution in [3.63, 3.8) is 0 Å². The fourth-order valence-electron chi connectivity index (χ4n) is 6.83. The molecule has 0 saturated heterocycles. The van der Waals surface area contributed by atoms with Gasteiger partial charge in [-0.3, -0.25) is 9.97 Å². The molecule has 9 rings (SSSR count). The lowest BCUT2D eigenvalue weighted by Crippen LogP contribution is -2.13. The summed E-state index contributed by atoms with van der Waals surface area (Å²) < 4.78 is 0. The minimum atomic E-state index is 0.729. The van der Waals surface area contributed by atoms with Gasteiger partial charge in [0.05, 0.1) is 22.8 Å². The molecule has 1 aliphatic rings. The third-order valence-electron chi connectivity index (χ3n) is 9.01. The number of hydrogen-bond donors (Lipinski definition) is 0. The predicted octanol–water partition coefficient (Wildman–Crippen LogP) is 10.8. The van der Waals surface area contributed by atoms with Gasteiger partial charge in [0.2, 0.25) is 0 Å². The van der Waals surface area contributed by atoms with Crippen molar-refractivity contribution in [1.29, 1.82) is 0 Å². The Morgan fingerprint density at radius 3 is 1.08 bits per heavy atom. The van der Waals surface area contributed by atoms with E-state index in [1.807, 2.05) is 48.8 Å². The smallest absolute Gasteiger partial charge is 0.115 e. The van der Waals surface area contributed by atoms with Crippen LogP contribution in [0.25, 0.3) is 43.8 Å². The summed E-state index contributed by atoms with van der Waals surface area (Å²) in [6.07, 6.45) is 3.64. The molecule has 0 atom stereocenters. The first-order valence-corrected chi connectivity index (χ1v) is 16.1. The molecule has 0 aliphatic carbocycles. The van der Waals surface area contributed by atoms with Crippen LogP contribution in [-0.4, -0.2) is 21.4 Å². The normalized spacial score (nSPS) is 14.6. The molecular weight excluding hydrogens is 585 g/mol. The SMILES string of the molecule is c1ccc(-c2cccc3c(/C4=N/c5cccnc5/C(c5cccc6c(-c7ccccc7)cccc56)=N\c5cccnc54)cccc23)cc1. The van der Waals surface area contributed by atoms with Gasteiger partial charge in [0.15, 0.2) is 0 Å². The summed E-state index contributed by atoms with van der Waals surface area (Å²) in [5.41, 5.74) is 11.2. The number of benzene rings is 6. The molecule has 1 aliphatic heterocycles. The highest BCUT2D eigenvalue weighted by atomic mass is 14.9. The fourth-order valence-corrected chi connectivity index (χ4v) is 6.83. The number of pyridine rings is 2. The number of nitrogens with zero attached hydrogens (tertiary/aromatic N) is 4. The van der Waals surface area contributed by atoms with Gasteiger partial charge in [-0.25, -0.2) is 9.98 Å². The Hall–Kier alpha value is -6.52. The molecule has 0 radical (unpaired) electrons. The summed E-state index contributed by atoms with van der Waals surface area (Å²) in [5, 5.41) is 4.52. The van der Waals surface area contributed by atoms with Crippen molar-refractivity contribution < 1.29 is 0 Å². The Labute approximate surface area is 278 Å². The molecule has 3 heterocycles. The van der Waals surface area contributed by atoms with E-state index in [4.69, 9.17) is 20.0 Å². The average Bonchev–Trinajstić information content (AvgIpc) is 3.15. The van der Waals surface area contributed by atoms with E-state index in [0.29, 0.717) is 0 Å². The number of fused-ring (bicyclic) bond motifs is 4. The van der Waals surface area contributed by atoms with E-state index < -0.39 is 0 Å². The van der Waals surface area contributed by atoms with Gasteiger partial charge in [0.1, 0.15) is 11.4 Å². The Morgan fingerprint density at radius 2 is 0.667 bits per heavy atom. The lowest BCUT2D eigenvalue weighted by atomic mass is 9.91. The zero-order chi connectivity index (χ0) is 31.9. The highest BCUT2D eigenvalue weighted by Crippen LogP contribution is 2.37. The lowest BCUT2D eigenvalue weighted by molar-refractivity contribution is 1.22. The zero-order valence-electron chi connectivity index (χ0n) is 26.0. The molecule has 48 heavy (non-hydrogen) atoms. The van der Waals surface area contributed by atoms with Gasteiger partial charge in [-0.15, -0.1) is 0 Å². The lowest BCUT2D eigenvalue weighted by Gasteiger charge is -2.19. The maximum absolute atomic E-state index is 5.40. The van der Waals surface area contributed by atoms with Crippen LogP contribution in [0.1, 0.15) is 22.5 Å². The van der Waals surface area contributed by atoms with Crippen LogP contribution in [0, 0.1) is 0 Å². The van der Waals surface area contributed by atoms with Crippen LogP contribution in [0.4, 0.5) is 11.4 Å². The predicted molar refractivity (Wildman–Crippen MR) is 198 cm³/mol. The van der Waals surface area contributed by atoms with Crippen molar-refractivity contribution in [3.8, 4) is 22.3 Å². The number of aromatic nitrogens is 2. The first kappa shape index (κ1) is 27.8. The van der Waals surface area contributed by atoms with E-state index in [2.05, 4.69) is 121 Å². The van der Waals surface area contributed by atoms with E-state index in [9.17, 15) is 0 Å². The van der Waals surface area contributed by atoms with Crippen LogP contribution in [0.5, 0.6) is 0 Å². The molecule has 8 aromatic rings. The van der Waals surface area contributed by atoms with Crippen molar-refractivity contribution in [2.75, 3.05) is 0 Å². The van der Waals surface area contributed by atoms with Crippen molar-refractivity contribution >= 4 is 44.3 Å². The maximum atomic E-state index is 5.40. The standard InChI is InChI=1S/C44H28N4/c1-3-13-29(14-4-1)31-17-7-21-35-33(31)19-9-23-37(35)41-43-39(25-11-27-45-43)48-42(44-40(47-41)26-12-28-46-44)38-24-10-20-34-32(18-8-22-36(34)38)30-15-5-2-6-16-30/h1-28H/b43-41?,44-42?,47-40?,47-41-,48-39?,48-42-.